The second kappa shape index (κ2) is 41.3. The van der Waals surface area contributed by atoms with Gasteiger partial charge in [-0.2, -0.15) is 0 Å². The molecule has 0 aromatic rings. The fourth-order valence-corrected chi connectivity index (χ4v) is 6.43. The number of nitrogens with zero attached hydrogens (tertiary/aromatic N) is 1. The van der Waals surface area contributed by atoms with Crippen LogP contribution in [0.2, 0.25) is 0 Å². The summed E-state index contributed by atoms with van der Waals surface area (Å²) in [6.07, 6.45) is 43.5. The minimum atomic E-state index is -1.51. The van der Waals surface area contributed by atoms with Crippen molar-refractivity contribution in [3.63, 3.8) is 0 Å². The number of likely N-dealkylation sites (N-methyl/N-ethyl adjacent to an activating group) is 1. The third kappa shape index (κ3) is 41.7. The summed E-state index contributed by atoms with van der Waals surface area (Å²) in [7, 11) is 5.95. The average molecular weight is 821 g/mol. The van der Waals surface area contributed by atoms with Crippen molar-refractivity contribution in [2.75, 3.05) is 47.5 Å². The largest absolute Gasteiger partial charge is 0.477 e. The van der Waals surface area contributed by atoms with Crippen LogP contribution in [0.1, 0.15) is 200 Å². The number of hydrogen-bond acceptors (Lipinski definition) is 7. The van der Waals surface area contributed by atoms with Gasteiger partial charge in [0.25, 0.3) is 6.29 Å². The fourth-order valence-electron chi connectivity index (χ4n) is 6.43. The summed E-state index contributed by atoms with van der Waals surface area (Å²) in [6, 6.07) is 0. The van der Waals surface area contributed by atoms with Gasteiger partial charge in [0.05, 0.1) is 34.4 Å². The Balaban J connectivity index is 4.33. The average Bonchev–Trinajstić information content (AvgIpc) is 3.18. The zero-order valence-electron chi connectivity index (χ0n) is 38.2. The number of rotatable bonds is 43. The Bertz CT molecular complexity index is 1050. The van der Waals surface area contributed by atoms with Gasteiger partial charge in [-0.3, -0.25) is 9.59 Å². The van der Waals surface area contributed by atoms with Crippen LogP contribution < -0.4 is 0 Å². The molecule has 9 nitrogen and oxygen atoms in total. The maximum atomic E-state index is 12.8. The molecule has 0 aliphatic heterocycles. The molecule has 2 unspecified atom stereocenters. The van der Waals surface area contributed by atoms with Gasteiger partial charge in [-0.15, -0.1) is 0 Å². The van der Waals surface area contributed by atoms with E-state index in [0.29, 0.717) is 23.9 Å². The van der Waals surface area contributed by atoms with E-state index in [1.807, 2.05) is 21.1 Å². The van der Waals surface area contributed by atoms with Gasteiger partial charge in [-0.05, 0) is 51.4 Å². The number of hydrogen-bond donors (Lipinski definition) is 1. The molecule has 0 saturated carbocycles. The highest BCUT2D eigenvalue weighted by Gasteiger charge is 2.25. The van der Waals surface area contributed by atoms with Crippen molar-refractivity contribution >= 4 is 17.9 Å². The number of aliphatic carboxylic acids is 1. The standard InChI is InChI=1S/C49H89NO8/c1-6-8-10-12-14-16-18-19-20-21-22-23-24-25-26-27-28-29-30-32-34-36-38-40-47(52)58-45(44-57-49(48(53)54)55-42-41-50(3,4)5)43-56-46(51)39-37-35-33-31-17-15-13-11-9-7-2/h18-19,21-22,24-25,45,49H,6-17,20,23,26-44H2,1-5H3/p+1/b19-18-,22-21-,25-24-. The molecule has 0 rings (SSSR count). The number of carboxylic acids is 1. The number of allylic oxidation sites excluding steroid dienone is 6. The third-order valence-corrected chi connectivity index (χ3v) is 10.1. The summed E-state index contributed by atoms with van der Waals surface area (Å²) in [4.78, 5) is 37.1. The lowest BCUT2D eigenvalue weighted by atomic mass is 10.1. The minimum Gasteiger partial charge on any atom is -0.477 e. The molecule has 0 aromatic heterocycles. The van der Waals surface area contributed by atoms with E-state index in [1.54, 1.807) is 0 Å². The zero-order valence-corrected chi connectivity index (χ0v) is 38.2. The number of carbonyl (C=O) groups is 3. The second-order valence-electron chi connectivity index (χ2n) is 17.1. The second-order valence-corrected chi connectivity index (χ2v) is 17.1. The van der Waals surface area contributed by atoms with E-state index in [9.17, 15) is 19.5 Å². The quantitative estimate of drug-likeness (QED) is 0.0213. The van der Waals surface area contributed by atoms with Gasteiger partial charge in [0.15, 0.2) is 6.10 Å². The molecule has 0 saturated heterocycles. The predicted molar refractivity (Wildman–Crippen MR) is 240 cm³/mol. The van der Waals surface area contributed by atoms with Crippen molar-refractivity contribution in [1.29, 1.82) is 0 Å². The van der Waals surface area contributed by atoms with E-state index in [2.05, 4.69) is 50.3 Å². The molecule has 9 heteroatoms. The molecule has 0 fully saturated rings. The molecule has 58 heavy (non-hydrogen) atoms. The zero-order chi connectivity index (χ0) is 42.8. The summed E-state index contributed by atoms with van der Waals surface area (Å²) in [5.74, 6) is -2.01. The van der Waals surface area contributed by atoms with Crippen molar-refractivity contribution in [2.24, 2.45) is 0 Å². The van der Waals surface area contributed by atoms with E-state index in [-0.39, 0.29) is 32.2 Å². The molecule has 0 bridgehead atoms. The van der Waals surface area contributed by atoms with Crippen LogP contribution in [-0.4, -0.2) is 87.4 Å². The first kappa shape index (κ1) is 55.5. The SMILES string of the molecule is CCCCCCC/C=C\C/C=C\C/C=C\CCCCCCCCCCC(=O)OC(COC(=O)CCCCCCCCCCCC)COC(OCC[N+](C)(C)C)C(=O)O. The molecule has 0 radical (unpaired) electrons. The number of carboxylic acid groups (broad SMARTS) is 1. The smallest absolute Gasteiger partial charge is 0.361 e. The first-order valence-corrected chi connectivity index (χ1v) is 23.7. The molecule has 0 spiro atoms. The summed E-state index contributed by atoms with van der Waals surface area (Å²) in [5, 5.41) is 9.63. The highest BCUT2D eigenvalue weighted by molar-refractivity contribution is 5.71. The van der Waals surface area contributed by atoms with Gasteiger partial charge in [-0.25, -0.2) is 4.79 Å². The lowest BCUT2D eigenvalue weighted by Crippen LogP contribution is -2.40. The van der Waals surface area contributed by atoms with Crippen LogP contribution in [0.25, 0.3) is 0 Å². The van der Waals surface area contributed by atoms with E-state index in [0.717, 1.165) is 57.8 Å². The molecule has 0 aliphatic carbocycles. The topological polar surface area (TPSA) is 108 Å². The van der Waals surface area contributed by atoms with Crippen LogP contribution >= 0.6 is 0 Å². The summed E-state index contributed by atoms with van der Waals surface area (Å²) < 4.78 is 22.7. The monoisotopic (exact) mass is 821 g/mol. The lowest BCUT2D eigenvalue weighted by Gasteiger charge is -2.25. The minimum absolute atomic E-state index is 0.183. The van der Waals surface area contributed by atoms with Crippen molar-refractivity contribution in [1.82, 2.24) is 0 Å². The van der Waals surface area contributed by atoms with Gasteiger partial charge in [-0.1, -0.05) is 172 Å². The number of ether oxygens (including phenoxy) is 4. The van der Waals surface area contributed by atoms with Crippen molar-refractivity contribution < 1.29 is 42.9 Å². The van der Waals surface area contributed by atoms with E-state index in [4.69, 9.17) is 18.9 Å². The molecular weight excluding hydrogens is 731 g/mol. The number of carbonyl (C=O) groups excluding carboxylic acids is 2. The van der Waals surface area contributed by atoms with Crippen molar-refractivity contribution in [3.05, 3.63) is 36.5 Å². The van der Waals surface area contributed by atoms with Crippen LogP contribution in [0, 0.1) is 0 Å². The maximum absolute atomic E-state index is 12.8. The van der Waals surface area contributed by atoms with Gasteiger partial charge >= 0.3 is 17.9 Å². The fraction of sp³-hybridized carbons (Fsp3) is 0.816. The Morgan fingerprint density at radius 3 is 1.38 bits per heavy atom. The molecule has 0 amide bonds. The molecule has 338 valence electrons. The Kier molecular flexibility index (Phi) is 39.5. The van der Waals surface area contributed by atoms with Gasteiger partial charge in [0, 0.05) is 12.8 Å². The van der Waals surface area contributed by atoms with Crippen LogP contribution in [0.3, 0.4) is 0 Å². The Hall–Kier alpha value is -2.49. The Morgan fingerprint density at radius 1 is 0.517 bits per heavy atom. The summed E-state index contributed by atoms with van der Waals surface area (Å²) in [5.41, 5.74) is 0. The number of quaternary nitrogens is 1. The van der Waals surface area contributed by atoms with Gasteiger partial charge < -0.3 is 28.5 Å². The van der Waals surface area contributed by atoms with Crippen LogP contribution in [-0.2, 0) is 33.3 Å². The molecule has 2 atom stereocenters. The number of esters is 2. The van der Waals surface area contributed by atoms with Gasteiger partial charge in [0.1, 0.15) is 13.2 Å². The number of unbranched alkanes of at least 4 members (excludes halogenated alkanes) is 22. The summed E-state index contributed by atoms with van der Waals surface area (Å²) >= 11 is 0. The first-order chi connectivity index (χ1) is 28.1. The highest BCUT2D eigenvalue weighted by Crippen LogP contribution is 2.14. The highest BCUT2D eigenvalue weighted by atomic mass is 16.7. The molecule has 0 aromatic carbocycles. The first-order valence-electron chi connectivity index (χ1n) is 23.7. The third-order valence-electron chi connectivity index (χ3n) is 10.1. The maximum Gasteiger partial charge on any atom is 0.361 e. The lowest BCUT2D eigenvalue weighted by molar-refractivity contribution is -0.870. The van der Waals surface area contributed by atoms with Crippen LogP contribution in [0.15, 0.2) is 36.5 Å². The Morgan fingerprint density at radius 2 is 0.931 bits per heavy atom. The molecule has 0 aliphatic rings. The van der Waals surface area contributed by atoms with E-state index < -0.39 is 24.3 Å². The predicted octanol–water partition coefficient (Wildman–Crippen LogP) is 12.6. The van der Waals surface area contributed by atoms with E-state index in [1.165, 1.54) is 109 Å². The van der Waals surface area contributed by atoms with E-state index >= 15 is 0 Å². The van der Waals surface area contributed by atoms with Crippen LogP contribution in [0.5, 0.6) is 0 Å². The molecule has 1 N–H and O–H groups in total. The molecular formula is C49H90NO8+. The normalized spacial score (nSPS) is 13.2. The van der Waals surface area contributed by atoms with Crippen molar-refractivity contribution in [3.8, 4) is 0 Å². The molecule has 0 heterocycles. The summed E-state index contributed by atoms with van der Waals surface area (Å²) in [6.45, 7) is 4.84. The van der Waals surface area contributed by atoms with Crippen LogP contribution in [0.4, 0.5) is 0 Å². The van der Waals surface area contributed by atoms with Gasteiger partial charge in [0.2, 0.25) is 0 Å². The Labute approximate surface area is 356 Å². The van der Waals surface area contributed by atoms with Crippen molar-refractivity contribution in [2.45, 2.75) is 212 Å².